The van der Waals surface area contributed by atoms with Gasteiger partial charge in [-0.05, 0) is 62.2 Å². The molecule has 1 aromatic heterocycles. The van der Waals surface area contributed by atoms with Crippen LogP contribution in [0.1, 0.15) is 22.3 Å². The molecule has 0 atom stereocenters. The maximum atomic E-state index is 12.5. The normalized spacial score (nSPS) is 11.1. The molecule has 0 aliphatic rings. The number of hydrogen-bond acceptors (Lipinski definition) is 4. The number of rotatable bonds is 4. The average molecular weight is 374 g/mol. The number of ether oxygens (including phenoxy) is 2. The molecule has 0 saturated heterocycles. The van der Waals surface area contributed by atoms with E-state index in [-0.39, 0.29) is 5.63 Å². The maximum Gasteiger partial charge on any atom is 0.344 e. The van der Waals surface area contributed by atoms with Crippen LogP contribution in [0.15, 0.2) is 57.7 Å². The van der Waals surface area contributed by atoms with Crippen molar-refractivity contribution >= 4 is 21.7 Å². The number of hydrogen-bond donors (Lipinski definition) is 0. The van der Waals surface area contributed by atoms with Crippen LogP contribution in [0, 0.1) is 20.8 Å². The van der Waals surface area contributed by atoms with Gasteiger partial charge in [0.1, 0.15) is 23.7 Å². The number of aryl methyl sites for hydroxylation is 3. The van der Waals surface area contributed by atoms with Crippen molar-refractivity contribution in [1.29, 1.82) is 0 Å². The molecule has 28 heavy (non-hydrogen) atoms. The first-order valence-corrected chi connectivity index (χ1v) is 9.21. The van der Waals surface area contributed by atoms with E-state index in [1.54, 1.807) is 13.2 Å². The average Bonchev–Trinajstić information content (AvgIpc) is 2.70. The van der Waals surface area contributed by atoms with Crippen molar-refractivity contribution in [3.8, 4) is 11.5 Å². The van der Waals surface area contributed by atoms with Gasteiger partial charge in [-0.15, -0.1) is 0 Å². The predicted molar refractivity (Wildman–Crippen MR) is 112 cm³/mol. The van der Waals surface area contributed by atoms with Gasteiger partial charge in [0, 0.05) is 16.3 Å². The Bertz CT molecular complexity index is 1250. The molecule has 0 radical (unpaired) electrons. The molecule has 4 heteroatoms. The number of benzene rings is 3. The molecular weight excluding hydrogens is 352 g/mol. The van der Waals surface area contributed by atoms with Crippen LogP contribution in [0.3, 0.4) is 0 Å². The summed E-state index contributed by atoms with van der Waals surface area (Å²) in [5, 5.41) is 2.24. The predicted octanol–water partition coefficient (Wildman–Crippen LogP) is 5.46. The van der Waals surface area contributed by atoms with Gasteiger partial charge in [-0.3, -0.25) is 0 Å². The first-order chi connectivity index (χ1) is 13.5. The summed E-state index contributed by atoms with van der Waals surface area (Å²) in [6.07, 6.45) is 0. The Hall–Kier alpha value is -3.27. The van der Waals surface area contributed by atoms with E-state index in [4.69, 9.17) is 13.9 Å². The molecule has 142 valence electrons. The molecular formula is C24H22O4. The Kier molecular flexibility index (Phi) is 4.55. The molecule has 4 rings (SSSR count). The second-order valence-corrected chi connectivity index (χ2v) is 7.09. The molecule has 0 bridgehead atoms. The van der Waals surface area contributed by atoms with Crippen LogP contribution in [0.2, 0.25) is 0 Å². The minimum absolute atomic E-state index is 0.379. The standard InChI is InChI=1S/C24H22O4/c1-14-5-6-15(2)17(11-14)13-27-22-10-9-20-19-8-7-18(26-4)12-21(19)24(25)28-23(20)16(22)3/h5-12H,13H2,1-4H3. The number of methoxy groups -OCH3 is 1. The molecule has 0 amide bonds. The first kappa shape index (κ1) is 18.1. The highest BCUT2D eigenvalue weighted by Gasteiger charge is 2.14. The summed E-state index contributed by atoms with van der Waals surface area (Å²) in [5.74, 6) is 1.34. The molecule has 0 aliphatic heterocycles. The Morgan fingerprint density at radius 1 is 0.893 bits per heavy atom. The third-order valence-electron chi connectivity index (χ3n) is 5.18. The summed E-state index contributed by atoms with van der Waals surface area (Å²) >= 11 is 0. The second kappa shape index (κ2) is 7.04. The minimum atomic E-state index is -0.379. The zero-order valence-electron chi connectivity index (χ0n) is 16.5. The van der Waals surface area contributed by atoms with E-state index in [2.05, 4.69) is 32.0 Å². The topological polar surface area (TPSA) is 48.7 Å². The quantitative estimate of drug-likeness (QED) is 0.352. The van der Waals surface area contributed by atoms with Crippen LogP contribution < -0.4 is 15.1 Å². The Labute approximate surface area is 163 Å². The Morgan fingerprint density at radius 3 is 2.46 bits per heavy atom. The lowest BCUT2D eigenvalue weighted by atomic mass is 10.0. The lowest BCUT2D eigenvalue weighted by Crippen LogP contribution is -2.03. The SMILES string of the molecule is COc1ccc2c(c1)c(=O)oc1c(C)c(OCc3cc(C)ccc3C)ccc12. The summed E-state index contributed by atoms with van der Waals surface area (Å²) in [6, 6.07) is 15.7. The van der Waals surface area contributed by atoms with E-state index in [9.17, 15) is 4.79 Å². The smallest absolute Gasteiger partial charge is 0.344 e. The van der Waals surface area contributed by atoms with E-state index in [0.29, 0.717) is 29.1 Å². The fourth-order valence-electron chi connectivity index (χ4n) is 3.49. The van der Waals surface area contributed by atoms with Crippen molar-refractivity contribution in [2.45, 2.75) is 27.4 Å². The maximum absolute atomic E-state index is 12.5. The van der Waals surface area contributed by atoms with Gasteiger partial charge in [-0.1, -0.05) is 23.8 Å². The molecule has 0 aliphatic carbocycles. The van der Waals surface area contributed by atoms with E-state index in [1.807, 2.05) is 31.2 Å². The number of fused-ring (bicyclic) bond motifs is 3. The van der Waals surface area contributed by atoms with Gasteiger partial charge in [0.25, 0.3) is 0 Å². The summed E-state index contributed by atoms with van der Waals surface area (Å²) in [7, 11) is 1.58. The van der Waals surface area contributed by atoms with Crippen LogP contribution in [-0.2, 0) is 6.61 Å². The van der Waals surface area contributed by atoms with Crippen LogP contribution in [-0.4, -0.2) is 7.11 Å². The third-order valence-corrected chi connectivity index (χ3v) is 5.18. The molecule has 0 unspecified atom stereocenters. The molecule has 0 N–H and O–H groups in total. The van der Waals surface area contributed by atoms with Crippen molar-refractivity contribution in [2.24, 2.45) is 0 Å². The van der Waals surface area contributed by atoms with Crippen LogP contribution in [0.5, 0.6) is 11.5 Å². The molecule has 3 aromatic carbocycles. The van der Waals surface area contributed by atoms with Gasteiger partial charge < -0.3 is 13.9 Å². The lowest BCUT2D eigenvalue weighted by Gasteiger charge is -2.13. The third kappa shape index (κ3) is 3.11. The second-order valence-electron chi connectivity index (χ2n) is 7.09. The highest BCUT2D eigenvalue weighted by atomic mass is 16.5. The van der Waals surface area contributed by atoms with Crippen LogP contribution in [0.25, 0.3) is 21.7 Å². The largest absolute Gasteiger partial charge is 0.497 e. The molecule has 0 fully saturated rings. The van der Waals surface area contributed by atoms with Crippen LogP contribution >= 0.6 is 0 Å². The van der Waals surface area contributed by atoms with Crippen molar-refractivity contribution in [3.05, 3.63) is 81.2 Å². The van der Waals surface area contributed by atoms with Crippen LogP contribution in [0.4, 0.5) is 0 Å². The van der Waals surface area contributed by atoms with Gasteiger partial charge in [0.05, 0.1) is 12.5 Å². The van der Waals surface area contributed by atoms with Crippen molar-refractivity contribution in [1.82, 2.24) is 0 Å². The monoisotopic (exact) mass is 374 g/mol. The van der Waals surface area contributed by atoms with E-state index in [1.165, 1.54) is 11.1 Å². The lowest BCUT2D eigenvalue weighted by molar-refractivity contribution is 0.303. The van der Waals surface area contributed by atoms with Crippen molar-refractivity contribution in [2.75, 3.05) is 7.11 Å². The van der Waals surface area contributed by atoms with Gasteiger partial charge in [0.15, 0.2) is 0 Å². The van der Waals surface area contributed by atoms with Gasteiger partial charge >= 0.3 is 5.63 Å². The highest BCUT2D eigenvalue weighted by molar-refractivity contribution is 6.05. The summed E-state index contributed by atoms with van der Waals surface area (Å²) in [5.41, 5.74) is 4.53. The summed E-state index contributed by atoms with van der Waals surface area (Å²) in [6.45, 7) is 6.53. The highest BCUT2D eigenvalue weighted by Crippen LogP contribution is 2.32. The van der Waals surface area contributed by atoms with Gasteiger partial charge in [0.2, 0.25) is 0 Å². The molecule has 0 spiro atoms. The molecule has 0 saturated carbocycles. The Balaban J connectivity index is 1.77. The first-order valence-electron chi connectivity index (χ1n) is 9.21. The zero-order chi connectivity index (χ0) is 19.8. The summed E-state index contributed by atoms with van der Waals surface area (Å²) in [4.78, 5) is 12.5. The molecule has 4 nitrogen and oxygen atoms in total. The van der Waals surface area contributed by atoms with E-state index in [0.717, 1.165) is 21.9 Å². The van der Waals surface area contributed by atoms with Gasteiger partial charge in [-0.25, -0.2) is 4.79 Å². The van der Waals surface area contributed by atoms with E-state index < -0.39 is 0 Å². The zero-order valence-corrected chi connectivity index (χ0v) is 16.5. The van der Waals surface area contributed by atoms with Crippen molar-refractivity contribution < 1.29 is 13.9 Å². The van der Waals surface area contributed by atoms with E-state index >= 15 is 0 Å². The summed E-state index contributed by atoms with van der Waals surface area (Å²) < 4.78 is 16.9. The fourth-order valence-corrected chi connectivity index (χ4v) is 3.49. The minimum Gasteiger partial charge on any atom is -0.497 e. The van der Waals surface area contributed by atoms with Gasteiger partial charge in [-0.2, -0.15) is 0 Å². The Morgan fingerprint density at radius 2 is 1.68 bits per heavy atom. The molecule has 4 aromatic rings. The molecule has 1 heterocycles. The fraction of sp³-hybridized carbons (Fsp3) is 0.208. The van der Waals surface area contributed by atoms with Crippen molar-refractivity contribution in [3.63, 3.8) is 0 Å².